The predicted octanol–water partition coefficient (Wildman–Crippen LogP) is 4.32. The first kappa shape index (κ1) is 48.5. The van der Waals surface area contributed by atoms with Crippen molar-refractivity contribution in [1.29, 1.82) is 0 Å². The second-order valence-electron chi connectivity index (χ2n) is 18.0. The Labute approximate surface area is 350 Å². The van der Waals surface area contributed by atoms with E-state index in [9.17, 15) is 44.1 Å². The number of allylic oxidation sites excluding steroid dienone is 5. The quantitative estimate of drug-likeness (QED) is 0.187. The van der Waals surface area contributed by atoms with Crippen LogP contribution in [0.25, 0.3) is 0 Å². The fourth-order valence-corrected chi connectivity index (χ4v) is 10.3. The van der Waals surface area contributed by atoms with Crippen molar-refractivity contribution in [2.24, 2.45) is 41.4 Å². The van der Waals surface area contributed by atoms with E-state index in [2.05, 4.69) is 6.58 Å². The van der Waals surface area contributed by atoms with Crippen LogP contribution in [0.15, 0.2) is 36.0 Å². The average molecular weight is 828 g/mol. The molecular weight excluding hydrogens is 759 g/mol. The van der Waals surface area contributed by atoms with E-state index >= 15 is 0 Å². The highest BCUT2D eigenvalue weighted by atomic mass is 16.5. The summed E-state index contributed by atoms with van der Waals surface area (Å²) in [6, 6.07) is -1.36. The fourth-order valence-electron chi connectivity index (χ4n) is 10.3. The molecule has 3 fully saturated rings. The standard InChI is InChI=1S/C46H69NO12/c1-10-13-31-19-25(2)18-26(3)20-37(58-8)40-38(59-9)22-28(5)46(56,43(40)53)44(54)45(55)47-17-12-11-14-32(47)41(51)42(52)39(29(6)34(49)24-35(31)50)27(4)21-30-15-16-33(48)36(23-30)57-7/h10,19,21,26,28-34,36-40,48-49,56H,1,11-18,20,22-24H2,2-9H3/b25-19+,27-21?. The van der Waals surface area contributed by atoms with Gasteiger partial charge in [-0.2, -0.15) is 0 Å². The molecule has 0 radical (unpaired) electrons. The number of hydrogen-bond acceptors (Lipinski definition) is 12. The van der Waals surface area contributed by atoms with Gasteiger partial charge in [-0.3, -0.25) is 28.8 Å². The first-order valence-corrected chi connectivity index (χ1v) is 21.5. The number of nitrogens with zero attached hydrogens (tertiary/aromatic N) is 1. The van der Waals surface area contributed by atoms with Crippen molar-refractivity contribution >= 4 is 34.8 Å². The molecule has 2 aliphatic carbocycles. The van der Waals surface area contributed by atoms with Gasteiger partial charge in [0.1, 0.15) is 5.78 Å². The normalized spacial score (nSPS) is 40.2. The molecule has 14 unspecified atom stereocenters. The molecule has 59 heavy (non-hydrogen) atoms. The number of rotatable bonds is 7. The van der Waals surface area contributed by atoms with Crippen LogP contribution in [-0.4, -0.2) is 125 Å². The van der Waals surface area contributed by atoms with Gasteiger partial charge in [0.25, 0.3) is 11.7 Å². The number of hydrogen-bond donors (Lipinski definition) is 3. The molecule has 4 rings (SSSR count). The summed E-state index contributed by atoms with van der Waals surface area (Å²) in [6.45, 7) is 12.5. The Hall–Kier alpha value is -3.20. The smallest absolute Gasteiger partial charge is 0.294 e. The van der Waals surface area contributed by atoms with Gasteiger partial charge >= 0.3 is 0 Å². The third-order valence-corrected chi connectivity index (χ3v) is 13.8. The van der Waals surface area contributed by atoms with Gasteiger partial charge in [0, 0.05) is 46.1 Å². The number of ketones is 5. The van der Waals surface area contributed by atoms with Gasteiger partial charge in [-0.1, -0.05) is 50.1 Å². The number of piperidine rings is 1. The van der Waals surface area contributed by atoms with Crippen LogP contribution < -0.4 is 0 Å². The lowest BCUT2D eigenvalue weighted by Gasteiger charge is -2.45. The minimum Gasteiger partial charge on any atom is -0.392 e. The van der Waals surface area contributed by atoms with Gasteiger partial charge in [0.15, 0.2) is 11.4 Å². The number of aliphatic hydroxyl groups excluding tert-OH is 2. The molecule has 0 spiro atoms. The van der Waals surface area contributed by atoms with Crippen LogP contribution in [0.2, 0.25) is 0 Å². The van der Waals surface area contributed by atoms with Crippen molar-refractivity contribution in [2.45, 2.75) is 147 Å². The predicted molar refractivity (Wildman–Crippen MR) is 220 cm³/mol. The molecule has 14 atom stereocenters. The Bertz CT molecular complexity index is 1640. The van der Waals surface area contributed by atoms with Gasteiger partial charge in [-0.05, 0) is 95.8 Å². The monoisotopic (exact) mass is 827 g/mol. The van der Waals surface area contributed by atoms with E-state index in [1.54, 1.807) is 19.9 Å². The number of carbonyl (C=O) groups excluding carboxylic acids is 6. The molecular formula is C46H69NO12. The number of ether oxygens (including phenoxy) is 3. The third-order valence-electron chi connectivity index (χ3n) is 13.8. The summed E-state index contributed by atoms with van der Waals surface area (Å²) in [7, 11) is 4.41. The third kappa shape index (κ3) is 10.6. The maximum Gasteiger partial charge on any atom is 0.294 e. The topological polar surface area (TPSA) is 194 Å². The van der Waals surface area contributed by atoms with Crippen LogP contribution in [0, 0.1) is 41.4 Å². The van der Waals surface area contributed by atoms with Crippen molar-refractivity contribution in [3.05, 3.63) is 36.0 Å². The van der Waals surface area contributed by atoms with Crippen molar-refractivity contribution in [2.75, 3.05) is 27.9 Å². The van der Waals surface area contributed by atoms with E-state index in [1.165, 1.54) is 28.3 Å². The summed E-state index contributed by atoms with van der Waals surface area (Å²) >= 11 is 0. The van der Waals surface area contributed by atoms with E-state index in [1.807, 2.05) is 26.0 Å². The summed E-state index contributed by atoms with van der Waals surface area (Å²) in [5.74, 6) is -10.6. The van der Waals surface area contributed by atoms with Crippen LogP contribution in [0.1, 0.15) is 105 Å². The SMILES string of the molecule is C=CCC1/C=C(\C)CC(C)CC(OC)C2C(=O)C(O)(C(=O)C(=O)N3CCCCC3C(=O)C(=O)C(C(C)=CC3CCC(O)C(OC)C3)C(C)C(O)CC1=O)C(C)CC2OC. The zero-order chi connectivity index (χ0) is 43.9. The largest absolute Gasteiger partial charge is 0.392 e. The summed E-state index contributed by atoms with van der Waals surface area (Å²) in [5.41, 5.74) is -1.37. The van der Waals surface area contributed by atoms with Crippen molar-refractivity contribution in [3.8, 4) is 0 Å². The molecule has 0 aromatic carbocycles. The molecule has 0 aromatic rings. The van der Waals surface area contributed by atoms with Crippen LogP contribution in [0.3, 0.4) is 0 Å². The highest BCUT2D eigenvalue weighted by Crippen LogP contribution is 2.41. The van der Waals surface area contributed by atoms with Crippen LogP contribution in [-0.2, 0) is 43.0 Å². The molecule has 13 heteroatoms. The summed E-state index contributed by atoms with van der Waals surface area (Å²) in [5, 5.41) is 34.4. The second-order valence-corrected chi connectivity index (χ2v) is 18.0. The van der Waals surface area contributed by atoms with Crippen LogP contribution in [0.5, 0.6) is 0 Å². The molecule has 4 aliphatic rings. The maximum absolute atomic E-state index is 14.7. The van der Waals surface area contributed by atoms with Crippen LogP contribution in [0.4, 0.5) is 0 Å². The van der Waals surface area contributed by atoms with Crippen LogP contribution >= 0.6 is 0 Å². The fraction of sp³-hybridized carbons (Fsp3) is 0.739. The van der Waals surface area contributed by atoms with Gasteiger partial charge in [-0.15, -0.1) is 6.58 Å². The van der Waals surface area contributed by atoms with E-state index < -0.39 is 101 Å². The Morgan fingerprint density at radius 1 is 0.864 bits per heavy atom. The molecule has 2 heterocycles. The molecule has 13 nitrogen and oxygen atoms in total. The number of amides is 1. The minimum atomic E-state index is -2.74. The highest BCUT2D eigenvalue weighted by molar-refractivity contribution is 6.46. The summed E-state index contributed by atoms with van der Waals surface area (Å²) < 4.78 is 17.1. The second kappa shape index (κ2) is 21.1. The van der Waals surface area contributed by atoms with Gasteiger partial charge in [0.2, 0.25) is 11.6 Å². The maximum atomic E-state index is 14.7. The number of Topliss-reactive ketones (excluding diaryl/α,β-unsaturated/α-hetero) is 5. The molecule has 3 N–H and O–H groups in total. The van der Waals surface area contributed by atoms with E-state index in [4.69, 9.17) is 14.2 Å². The number of aliphatic hydroxyl groups is 3. The average Bonchev–Trinajstić information content (AvgIpc) is 3.21. The van der Waals surface area contributed by atoms with Crippen molar-refractivity contribution in [1.82, 2.24) is 4.90 Å². The number of methoxy groups -OCH3 is 3. The lowest BCUT2D eigenvalue weighted by atomic mass is 9.64. The first-order valence-electron chi connectivity index (χ1n) is 21.5. The van der Waals surface area contributed by atoms with Gasteiger partial charge in [-0.25, -0.2) is 0 Å². The van der Waals surface area contributed by atoms with E-state index in [0.29, 0.717) is 56.9 Å². The summed E-state index contributed by atoms with van der Waals surface area (Å²) in [6.07, 6.45) is 4.86. The van der Waals surface area contributed by atoms with Gasteiger partial charge < -0.3 is 34.4 Å². The Balaban J connectivity index is 1.85. The molecule has 2 aliphatic heterocycles. The molecule has 1 amide bonds. The Kier molecular flexibility index (Phi) is 17.3. The Morgan fingerprint density at radius 3 is 2.14 bits per heavy atom. The minimum absolute atomic E-state index is 0.0543. The van der Waals surface area contributed by atoms with Crippen molar-refractivity contribution in [3.63, 3.8) is 0 Å². The lowest BCUT2D eigenvalue weighted by Crippen LogP contribution is -2.67. The first-order chi connectivity index (χ1) is 27.8. The lowest BCUT2D eigenvalue weighted by molar-refractivity contribution is -0.183. The zero-order valence-corrected chi connectivity index (χ0v) is 36.4. The van der Waals surface area contributed by atoms with E-state index in [0.717, 1.165) is 10.5 Å². The molecule has 1 saturated heterocycles. The zero-order valence-electron chi connectivity index (χ0n) is 36.4. The number of fused-ring (bicyclic) bond motifs is 3. The van der Waals surface area contributed by atoms with Gasteiger partial charge in [0.05, 0.1) is 48.4 Å². The highest BCUT2D eigenvalue weighted by Gasteiger charge is 2.61. The molecule has 330 valence electrons. The Morgan fingerprint density at radius 2 is 1.51 bits per heavy atom. The number of carbonyl (C=O) groups is 6. The molecule has 2 saturated carbocycles. The molecule has 0 aromatic heterocycles. The molecule has 2 bridgehead atoms. The summed E-state index contributed by atoms with van der Waals surface area (Å²) in [4.78, 5) is 87.5. The van der Waals surface area contributed by atoms with E-state index in [-0.39, 0.29) is 43.4 Å². The van der Waals surface area contributed by atoms with Crippen molar-refractivity contribution < 1.29 is 58.3 Å².